The molecule has 0 radical (unpaired) electrons. The number of fused-ring (bicyclic) bond motifs is 1. The van der Waals surface area contributed by atoms with Gasteiger partial charge in [-0.2, -0.15) is 0 Å². The van der Waals surface area contributed by atoms with Crippen LogP contribution in [0, 0.1) is 0 Å². The number of hydrogen-bond donors (Lipinski definition) is 1. The molecule has 3 amide bonds. The molecule has 0 aliphatic carbocycles. The maximum absolute atomic E-state index is 12.3. The monoisotopic (exact) mass is 393 g/mol. The summed E-state index contributed by atoms with van der Waals surface area (Å²) in [4.78, 5) is 41.4. The molecule has 1 aromatic heterocycles. The first kappa shape index (κ1) is 15.8. The summed E-state index contributed by atoms with van der Waals surface area (Å²) in [6.07, 6.45) is 2.23. The van der Waals surface area contributed by atoms with Crippen LogP contribution in [0.5, 0.6) is 0 Å². The van der Waals surface area contributed by atoms with Crippen molar-refractivity contribution in [3.8, 4) is 0 Å². The Morgan fingerprint density at radius 2 is 2.04 bits per heavy atom. The number of hydrogen-bond acceptors (Lipinski definition) is 5. The maximum atomic E-state index is 12.3. The zero-order chi connectivity index (χ0) is 16.4. The van der Waals surface area contributed by atoms with Gasteiger partial charge in [-0.25, -0.2) is 4.98 Å². The van der Waals surface area contributed by atoms with Crippen LogP contribution in [-0.2, 0) is 4.79 Å². The molecule has 8 heteroatoms. The first-order valence-corrected chi connectivity index (χ1v) is 8.58. The van der Waals surface area contributed by atoms with E-state index >= 15 is 0 Å². The van der Waals surface area contributed by atoms with Crippen molar-refractivity contribution >= 4 is 50.1 Å². The van der Waals surface area contributed by atoms with Crippen molar-refractivity contribution in [2.45, 2.75) is 12.8 Å². The highest BCUT2D eigenvalue weighted by Crippen LogP contribution is 2.26. The van der Waals surface area contributed by atoms with Crippen LogP contribution in [0.2, 0.25) is 0 Å². The number of amides is 3. The Balaban J connectivity index is 1.56. The van der Waals surface area contributed by atoms with E-state index in [1.165, 1.54) is 16.2 Å². The van der Waals surface area contributed by atoms with Crippen molar-refractivity contribution in [1.29, 1.82) is 0 Å². The molecule has 0 bridgehead atoms. The van der Waals surface area contributed by atoms with Crippen LogP contribution in [-0.4, -0.2) is 34.2 Å². The highest BCUT2D eigenvalue weighted by Gasteiger charge is 2.35. The summed E-state index contributed by atoms with van der Waals surface area (Å²) in [5.41, 5.74) is 0.807. The minimum absolute atomic E-state index is 0.181. The number of nitrogens with zero attached hydrogens (tertiary/aromatic N) is 2. The molecule has 0 spiro atoms. The molecule has 2 heterocycles. The number of aromatic nitrogens is 1. The van der Waals surface area contributed by atoms with Gasteiger partial charge in [-0.05, 0) is 24.6 Å². The predicted octanol–water partition coefficient (Wildman–Crippen LogP) is 2.92. The average Bonchev–Trinajstić information content (AvgIpc) is 3.10. The van der Waals surface area contributed by atoms with E-state index in [4.69, 9.17) is 0 Å². The zero-order valence-electron chi connectivity index (χ0n) is 11.9. The Bertz CT molecular complexity index is 776. The predicted molar refractivity (Wildman–Crippen MR) is 89.5 cm³/mol. The minimum atomic E-state index is -0.313. The second-order valence-electron chi connectivity index (χ2n) is 4.94. The Labute approximate surface area is 144 Å². The van der Waals surface area contributed by atoms with Crippen molar-refractivity contribution in [3.63, 3.8) is 0 Å². The summed E-state index contributed by atoms with van der Waals surface area (Å²) in [7, 11) is 0. The number of carbonyl (C=O) groups excluding carboxylic acids is 3. The molecule has 0 fully saturated rings. The fourth-order valence-corrected chi connectivity index (χ4v) is 3.24. The summed E-state index contributed by atoms with van der Waals surface area (Å²) in [5, 5.41) is 4.98. The Morgan fingerprint density at radius 3 is 2.78 bits per heavy atom. The lowest BCUT2D eigenvalue weighted by Gasteiger charge is -2.13. The van der Waals surface area contributed by atoms with Gasteiger partial charge in [-0.1, -0.05) is 15.9 Å². The number of imide groups is 1. The molecule has 1 aromatic carbocycles. The maximum Gasteiger partial charge on any atom is 0.261 e. The summed E-state index contributed by atoms with van der Waals surface area (Å²) in [6, 6.07) is 5.01. The first-order chi connectivity index (χ1) is 11.1. The van der Waals surface area contributed by atoms with Crippen molar-refractivity contribution < 1.29 is 14.4 Å². The van der Waals surface area contributed by atoms with Gasteiger partial charge in [0.15, 0.2) is 5.13 Å². The van der Waals surface area contributed by atoms with E-state index in [-0.39, 0.29) is 30.7 Å². The third-order valence-electron chi connectivity index (χ3n) is 3.40. The first-order valence-electron chi connectivity index (χ1n) is 6.91. The highest BCUT2D eigenvalue weighted by atomic mass is 79.9. The number of benzene rings is 1. The largest absolute Gasteiger partial charge is 0.302 e. The highest BCUT2D eigenvalue weighted by molar-refractivity contribution is 9.10. The Hall–Kier alpha value is -2.06. The third kappa shape index (κ3) is 3.32. The minimum Gasteiger partial charge on any atom is -0.302 e. The van der Waals surface area contributed by atoms with E-state index in [1.807, 2.05) is 0 Å². The number of nitrogens with one attached hydrogen (secondary N) is 1. The zero-order valence-corrected chi connectivity index (χ0v) is 14.3. The Morgan fingerprint density at radius 1 is 1.26 bits per heavy atom. The van der Waals surface area contributed by atoms with Crippen LogP contribution in [0.15, 0.2) is 34.2 Å². The lowest BCUT2D eigenvalue weighted by molar-refractivity contribution is -0.116. The van der Waals surface area contributed by atoms with Crippen molar-refractivity contribution in [1.82, 2.24) is 9.88 Å². The molecule has 0 unspecified atom stereocenters. The van der Waals surface area contributed by atoms with Gasteiger partial charge in [0.25, 0.3) is 11.8 Å². The van der Waals surface area contributed by atoms with Gasteiger partial charge >= 0.3 is 0 Å². The number of halogens is 1. The van der Waals surface area contributed by atoms with Crippen LogP contribution < -0.4 is 5.32 Å². The van der Waals surface area contributed by atoms with Gasteiger partial charge < -0.3 is 5.32 Å². The number of rotatable bonds is 5. The molecule has 118 valence electrons. The molecule has 2 aromatic rings. The van der Waals surface area contributed by atoms with E-state index in [0.29, 0.717) is 22.7 Å². The SMILES string of the molecule is O=C(CCCN1C(=O)c2ccc(Br)cc2C1=O)Nc1nccs1. The van der Waals surface area contributed by atoms with E-state index in [2.05, 4.69) is 26.2 Å². The molecule has 1 aliphatic rings. The summed E-state index contributed by atoms with van der Waals surface area (Å²) in [5.74, 6) is -0.802. The fourth-order valence-electron chi connectivity index (χ4n) is 2.33. The van der Waals surface area contributed by atoms with E-state index in [1.54, 1.807) is 29.8 Å². The average molecular weight is 394 g/mol. The molecule has 6 nitrogen and oxygen atoms in total. The normalized spacial score (nSPS) is 13.3. The van der Waals surface area contributed by atoms with Crippen LogP contribution >= 0.6 is 27.3 Å². The lowest BCUT2D eigenvalue weighted by atomic mass is 10.1. The molecule has 23 heavy (non-hydrogen) atoms. The van der Waals surface area contributed by atoms with Gasteiger partial charge in [-0.15, -0.1) is 11.3 Å². The van der Waals surface area contributed by atoms with Crippen LogP contribution in [0.25, 0.3) is 0 Å². The third-order valence-corrected chi connectivity index (χ3v) is 4.58. The quantitative estimate of drug-likeness (QED) is 0.791. The molecule has 0 saturated carbocycles. The molecular formula is C15H12BrN3O3S. The number of thiazole rings is 1. The van der Waals surface area contributed by atoms with Gasteiger partial charge in [0.05, 0.1) is 11.1 Å². The number of carbonyl (C=O) groups is 3. The molecular weight excluding hydrogens is 382 g/mol. The molecule has 3 rings (SSSR count). The van der Waals surface area contributed by atoms with E-state index < -0.39 is 0 Å². The molecule has 1 N–H and O–H groups in total. The fraction of sp³-hybridized carbons (Fsp3) is 0.200. The van der Waals surface area contributed by atoms with Crippen molar-refractivity contribution in [2.24, 2.45) is 0 Å². The standard InChI is InChI=1S/C15H12BrN3O3S/c16-9-3-4-10-11(8-9)14(22)19(13(10)21)6-1-2-12(20)18-15-17-5-7-23-15/h3-5,7-8H,1-2,6H2,(H,17,18,20). The molecule has 0 atom stereocenters. The van der Waals surface area contributed by atoms with Crippen LogP contribution in [0.3, 0.4) is 0 Å². The van der Waals surface area contributed by atoms with Crippen molar-refractivity contribution in [3.05, 3.63) is 45.4 Å². The smallest absolute Gasteiger partial charge is 0.261 e. The second-order valence-corrected chi connectivity index (χ2v) is 6.75. The second kappa shape index (κ2) is 6.59. The van der Waals surface area contributed by atoms with E-state index in [0.717, 1.165) is 4.47 Å². The topological polar surface area (TPSA) is 79.4 Å². The molecule has 1 aliphatic heterocycles. The van der Waals surface area contributed by atoms with E-state index in [9.17, 15) is 14.4 Å². The van der Waals surface area contributed by atoms with Gasteiger partial charge in [0.2, 0.25) is 5.91 Å². The van der Waals surface area contributed by atoms with Crippen molar-refractivity contribution in [2.75, 3.05) is 11.9 Å². The summed E-state index contributed by atoms with van der Waals surface area (Å²) < 4.78 is 0.752. The van der Waals surface area contributed by atoms with Gasteiger partial charge in [0.1, 0.15) is 0 Å². The van der Waals surface area contributed by atoms with Crippen LogP contribution in [0.4, 0.5) is 5.13 Å². The summed E-state index contributed by atoms with van der Waals surface area (Å²) in [6.45, 7) is 0.218. The van der Waals surface area contributed by atoms with Gasteiger partial charge in [0, 0.05) is 29.0 Å². The summed E-state index contributed by atoms with van der Waals surface area (Å²) >= 11 is 4.63. The Kier molecular flexibility index (Phi) is 4.53. The molecule has 0 saturated heterocycles. The van der Waals surface area contributed by atoms with Crippen LogP contribution in [0.1, 0.15) is 33.6 Å². The van der Waals surface area contributed by atoms with Gasteiger partial charge in [-0.3, -0.25) is 19.3 Å². The number of anilines is 1. The lowest BCUT2D eigenvalue weighted by Crippen LogP contribution is -2.31.